The van der Waals surface area contributed by atoms with Crippen LogP contribution in [0.3, 0.4) is 0 Å². The number of hydrogen-bond donors (Lipinski definition) is 3. The number of ether oxygens (including phenoxy) is 1. The Morgan fingerprint density at radius 2 is 2.25 bits per heavy atom. The van der Waals surface area contributed by atoms with Crippen LogP contribution < -0.4 is 11.1 Å². The number of aliphatic hydroxyl groups is 1. The SMILES string of the molecule is CO/N=C(\C(=O)NC1C(=O)N2C(C(=O)OC)=C(CO)CSC12)c1csc(N)n1. The van der Waals surface area contributed by atoms with E-state index in [0.717, 1.165) is 11.3 Å². The van der Waals surface area contributed by atoms with Crippen molar-refractivity contribution in [2.24, 2.45) is 5.16 Å². The normalized spacial score (nSPS) is 21.8. The summed E-state index contributed by atoms with van der Waals surface area (Å²) >= 11 is 2.45. The van der Waals surface area contributed by atoms with Gasteiger partial charge in [0.1, 0.15) is 29.9 Å². The Morgan fingerprint density at radius 1 is 1.50 bits per heavy atom. The summed E-state index contributed by atoms with van der Waals surface area (Å²) < 4.78 is 4.72. The van der Waals surface area contributed by atoms with Crippen LogP contribution in [0.5, 0.6) is 0 Å². The molecular formula is C15H17N5O6S2. The minimum Gasteiger partial charge on any atom is -0.464 e. The standard InChI is InChI=1S/C15H17N5O6S2/c1-25-14(24)10-6(3-21)4-27-13-9(12(23)20(10)13)18-11(22)8(19-26-2)7-5-28-15(16)17-7/h5,9,13,21H,3-4H2,1-2H3,(H2,16,17)(H,18,22)/b19-8-. The molecule has 28 heavy (non-hydrogen) atoms. The number of nitrogens with two attached hydrogens (primary N) is 1. The second-order valence-electron chi connectivity index (χ2n) is 5.66. The number of thioether (sulfide) groups is 1. The number of amides is 2. The van der Waals surface area contributed by atoms with Crippen molar-refractivity contribution < 1.29 is 29.1 Å². The molecule has 1 saturated heterocycles. The fourth-order valence-electron chi connectivity index (χ4n) is 2.79. The first kappa shape index (κ1) is 20.1. The molecule has 0 aromatic carbocycles. The number of nitrogens with one attached hydrogen (secondary N) is 1. The topological polar surface area (TPSA) is 156 Å². The number of esters is 1. The van der Waals surface area contributed by atoms with E-state index in [-0.39, 0.29) is 28.8 Å². The van der Waals surface area contributed by atoms with Gasteiger partial charge in [0, 0.05) is 11.1 Å². The Labute approximate surface area is 167 Å². The zero-order valence-electron chi connectivity index (χ0n) is 14.9. The summed E-state index contributed by atoms with van der Waals surface area (Å²) in [6, 6.07) is -0.879. The Hall–Kier alpha value is -2.64. The van der Waals surface area contributed by atoms with Crippen molar-refractivity contribution in [3.63, 3.8) is 0 Å². The number of carbonyl (C=O) groups excluding carboxylic acids is 3. The largest absolute Gasteiger partial charge is 0.464 e. The summed E-state index contributed by atoms with van der Waals surface area (Å²) in [5.74, 6) is -1.55. The van der Waals surface area contributed by atoms with Crippen molar-refractivity contribution in [3.8, 4) is 0 Å². The highest BCUT2D eigenvalue weighted by Crippen LogP contribution is 2.40. The minimum absolute atomic E-state index is 0.0160. The molecular weight excluding hydrogens is 410 g/mol. The zero-order chi connectivity index (χ0) is 20.4. The van der Waals surface area contributed by atoms with Crippen LogP contribution in [-0.4, -0.2) is 76.5 Å². The number of hydrogen-bond acceptors (Lipinski definition) is 11. The van der Waals surface area contributed by atoms with Crippen LogP contribution in [0.4, 0.5) is 5.13 Å². The van der Waals surface area contributed by atoms with E-state index in [4.69, 9.17) is 15.3 Å². The minimum atomic E-state index is -0.879. The maximum absolute atomic E-state index is 12.6. The molecule has 2 amide bonds. The smallest absolute Gasteiger partial charge is 0.354 e. The molecule has 2 unspecified atom stereocenters. The van der Waals surface area contributed by atoms with E-state index >= 15 is 0 Å². The lowest BCUT2D eigenvalue weighted by Gasteiger charge is -2.49. The number of fused-ring (bicyclic) bond motifs is 1. The van der Waals surface area contributed by atoms with Gasteiger partial charge in [0.05, 0.1) is 13.7 Å². The van der Waals surface area contributed by atoms with Gasteiger partial charge < -0.3 is 25.7 Å². The maximum Gasteiger partial charge on any atom is 0.354 e. The highest BCUT2D eigenvalue weighted by Gasteiger charge is 2.54. The molecule has 0 spiro atoms. The summed E-state index contributed by atoms with van der Waals surface area (Å²) in [6.07, 6.45) is 0. The Kier molecular flexibility index (Phi) is 5.86. The third kappa shape index (κ3) is 3.43. The number of methoxy groups -OCH3 is 1. The van der Waals surface area contributed by atoms with Gasteiger partial charge in [-0.15, -0.1) is 23.1 Å². The predicted octanol–water partition coefficient (Wildman–Crippen LogP) is -1.10. The molecule has 1 aromatic heterocycles. The average Bonchev–Trinajstić information content (AvgIpc) is 3.13. The number of aliphatic hydroxyl groups excluding tert-OH is 1. The number of nitrogens with zero attached hydrogens (tertiary/aromatic N) is 3. The molecule has 0 bridgehead atoms. The Morgan fingerprint density at radius 3 is 2.82 bits per heavy atom. The highest BCUT2D eigenvalue weighted by molar-refractivity contribution is 8.00. The first-order valence-electron chi connectivity index (χ1n) is 7.92. The molecule has 0 aliphatic carbocycles. The molecule has 2 atom stereocenters. The van der Waals surface area contributed by atoms with Crippen LogP contribution in [0, 0.1) is 0 Å². The van der Waals surface area contributed by atoms with Gasteiger partial charge in [-0.1, -0.05) is 5.16 Å². The predicted molar refractivity (Wildman–Crippen MR) is 101 cm³/mol. The van der Waals surface area contributed by atoms with Crippen molar-refractivity contribution >= 4 is 51.7 Å². The molecule has 3 rings (SSSR count). The first-order valence-corrected chi connectivity index (χ1v) is 9.85. The molecule has 2 aliphatic rings. The molecule has 4 N–H and O–H groups in total. The van der Waals surface area contributed by atoms with Crippen molar-refractivity contribution in [1.29, 1.82) is 0 Å². The number of β-lactam (4-membered cyclic amide) rings is 1. The zero-order valence-corrected chi connectivity index (χ0v) is 16.5. The van der Waals surface area contributed by atoms with Crippen LogP contribution in [0.1, 0.15) is 5.69 Å². The van der Waals surface area contributed by atoms with Crippen LogP contribution in [0.15, 0.2) is 21.8 Å². The van der Waals surface area contributed by atoms with Gasteiger partial charge in [-0.25, -0.2) is 9.78 Å². The third-order valence-electron chi connectivity index (χ3n) is 4.07. The van der Waals surface area contributed by atoms with Crippen LogP contribution in [-0.2, 0) is 24.0 Å². The summed E-state index contributed by atoms with van der Waals surface area (Å²) in [5.41, 5.74) is 6.10. The van der Waals surface area contributed by atoms with Gasteiger partial charge in [0.25, 0.3) is 11.8 Å². The first-order chi connectivity index (χ1) is 13.4. The Bertz CT molecular complexity index is 882. The second kappa shape index (κ2) is 8.16. The fourth-order valence-corrected chi connectivity index (χ4v) is 4.67. The van der Waals surface area contributed by atoms with Crippen molar-refractivity contribution in [3.05, 3.63) is 22.3 Å². The molecule has 1 aromatic rings. The number of nitrogen functional groups attached to an aromatic ring is 1. The third-order valence-corrected chi connectivity index (χ3v) is 6.08. The van der Waals surface area contributed by atoms with Crippen LogP contribution in [0.25, 0.3) is 0 Å². The summed E-state index contributed by atoms with van der Waals surface area (Å²) in [4.78, 5) is 47.2. The molecule has 13 heteroatoms. The van der Waals surface area contributed by atoms with Gasteiger partial charge in [0.2, 0.25) is 0 Å². The Balaban J connectivity index is 1.79. The number of rotatable bonds is 6. The van der Waals surface area contributed by atoms with Crippen LogP contribution >= 0.6 is 23.1 Å². The fraction of sp³-hybridized carbons (Fsp3) is 0.400. The second-order valence-corrected chi connectivity index (χ2v) is 7.65. The number of anilines is 1. The van der Waals surface area contributed by atoms with E-state index in [2.05, 4.69) is 15.5 Å². The average molecular weight is 427 g/mol. The quantitative estimate of drug-likeness (QED) is 0.222. The lowest BCUT2D eigenvalue weighted by molar-refractivity contribution is -0.151. The van der Waals surface area contributed by atoms with Crippen LogP contribution in [0.2, 0.25) is 0 Å². The number of aromatic nitrogens is 1. The van der Waals surface area contributed by atoms with Gasteiger partial charge in [-0.2, -0.15) is 0 Å². The van der Waals surface area contributed by atoms with E-state index in [0.29, 0.717) is 11.3 Å². The van der Waals surface area contributed by atoms with Crippen molar-refractivity contribution in [1.82, 2.24) is 15.2 Å². The summed E-state index contributed by atoms with van der Waals surface area (Å²) in [5, 5.41) is 17.0. The molecule has 0 radical (unpaired) electrons. The van der Waals surface area contributed by atoms with E-state index in [1.54, 1.807) is 5.38 Å². The monoisotopic (exact) mass is 427 g/mol. The van der Waals surface area contributed by atoms with Crippen molar-refractivity contribution in [2.45, 2.75) is 11.4 Å². The molecule has 0 saturated carbocycles. The summed E-state index contributed by atoms with van der Waals surface area (Å²) in [7, 11) is 2.47. The van der Waals surface area contributed by atoms with Gasteiger partial charge >= 0.3 is 5.97 Å². The van der Waals surface area contributed by atoms with E-state index in [1.165, 1.54) is 30.9 Å². The molecule has 3 heterocycles. The molecule has 11 nitrogen and oxygen atoms in total. The molecule has 1 fully saturated rings. The number of carbonyl (C=O) groups is 3. The molecule has 2 aliphatic heterocycles. The lowest BCUT2D eigenvalue weighted by atomic mass is 10.0. The molecule has 150 valence electrons. The summed E-state index contributed by atoms with van der Waals surface area (Å²) in [6.45, 7) is -0.374. The number of oxime groups is 1. The highest BCUT2D eigenvalue weighted by atomic mass is 32.2. The van der Waals surface area contributed by atoms with Crippen molar-refractivity contribution in [2.75, 3.05) is 32.3 Å². The van der Waals surface area contributed by atoms with Gasteiger partial charge in [-0.05, 0) is 5.57 Å². The van der Waals surface area contributed by atoms with E-state index < -0.39 is 29.2 Å². The maximum atomic E-state index is 12.6. The van der Waals surface area contributed by atoms with Gasteiger partial charge in [0.15, 0.2) is 10.8 Å². The lowest BCUT2D eigenvalue weighted by Crippen LogP contribution is -2.71. The number of thiazole rings is 1. The van der Waals surface area contributed by atoms with Gasteiger partial charge in [-0.3, -0.25) is 14.5 Å². The van der Waals surface area contributed by atoms with E-state index in [1.807, 2.05) is 0 Å². The van der Waals surface area contributed by atoms with E-state index in [9.17, 15) is 19.5 Å².